The second kappa shape index (κ2) is 6.70. The van der Waals surface area contributed by atoms with E-state index in [9.17, 15) is 4.79 Å². The first-order valence-electron chi connectivity index (χ1n) is 6.21. The van der Waals surface area contributed by atoms with Crippen LogP contribution in [0.5, 0.6) is 0 Å². The SMILES string of the molecule is CCOC(=O)NC(CC)C1CCCCC1. The van der Waals surface area contributed by atoms with Gasteiger partial charge in [-0.2, -0.15) is 0 Å². The zero-order chi connectivity index (χ0) is 11.1. The molecule has 15 heavy (non-hydrogen) atoms. The summed E-state index contributed by atoms with van der Waals surface area (Å²) in [6, 6.07) is 0.310. The van der Waals surface area contributed by atoms with Gasteiger partial charge in [-0.05, 0) is 32.1 Å². The Morgan fingerprint density at radius 3 is 2.53 bits per heavy atom. The predicted molar refractivity (Wildman–Crippen MR) is 60.8 cm³/mol. The smallest absolute Gasteiger partial charge is 0.407 e. The molecule has 0 aliphatic heterocycles. The zero-order valence-electron chi connectivity index (χ0n) is 9.92. The molecular weight excluding hydrogens is 190 g/mol. The molecule has 1 aliphatic carbocycles. The number of ether oxygens (including phenoxy) is 1. The van der Waals surface area contributed by atoms with E-state index in [1.807, 2.05) is 6.92 Å². The maximum absolute atomic E-state index is 11.3. The summed E-state index contributed by atoms with van der Waals surface area (Å²) in [6.45, 7) is 4.42. The van der Waals surface area contributed by atoms with Crippen LogP contribution in [0, 0.1) is 5.92 Å². The van der Waals surface area contributed by atoms with Crippen LogP contribution in [0.15, 0.2) is 0 Å². The Kier molecular flexibility index (Phi) is 5.51. The van der Waals surface area contributed by atoms with E-state index in [0.29, 0.717) is 18.6 Å². The van der Waals surface area contributed by atoms with E-state index in [0.717, 1.165) is 6.42 Å². The molecule has 3 heteroatoms. The van der Waals surface area contributed by atoms with Crippen LogP contribution in [0.25, 0.3) is 0 Å². The molecule has 0 heterocycles. The molecule has 1 saturated carbocycles. The van der Waals surface area contributed by atoms with Gasteiger partial charge in [0.2, 0.25) is 0 Å². The van der Waals surface area contributed by atoms with E-state index < -0.39 is 0 Å². The van der Waals surface area contributed by atoms with Gasteiger partial charge in [-0.15, -0.1) is 0 Å². The van der Waals surface area contributed by atoms with Gasteiger partial charge < -0.3 is 10.1 Å². The fourth-order valence-electron chi connectivity index (χ4n) is 2.41. The van der Waals surface area contributed by atoms with Crippen molar-refractivity contribution in [1.29, 1.82) is 0 Å². The highest BCUT2D eigenvalue weighted by molar-refractivity contribution is 5.67. The lowest BCUT2D eigenvalue weighted by Gasteiger charge is -2.29. The molecule has 0 bridgehead atoms. The van der Waals surface area contributed by atoms with Crippen molar-refractivity contribution in [1.82, 2.24) is 5.32 Å². The van der Waals surface area contributed by atoms with Crippen molar-refractivity contribution >= 4 is 6.09 Å². The topological polar surface area (TPSA) is 38.3 Å². The highest BCUT2D eigenvalue weighted by Gasteiger charge is 2.23. The van der Waals surface area contributed by atoms with Gasteiger partial charge in [0.15, 0.2) is 0 Å². The van der Waals surface area contributed by atoms with Crippen molar-refractivity contribution in [2.24, 2.45) is 5.92 Å². The molecule has 1 rings (SSSR count). The number of alkyl carbamates (subject to hydrolysis) is 1. The van der Waals surface area contributed by atoms with Crippen molar-refractivity contribution < 1.29 is 9.53 Å². The lowest BCUT2D eigenvalue weighted by molar-refractivity contribution is 0.139. The molecule has 1 amide bonds. The molecule has 3 nitrogen and oxygen atoms in total. The second-order valence-electron chi connectivity index (χ2n) is 4.28. The van der Waals surface area contributed by atoms with Gasteiger partial charge in [0.1, 0.15) is 0 Å². The largest absolute Gasteiger partial charge is 0.450 e. The molecule has 1 atom stereocenters. The number of hydrogen-bond acceptors (Lipinski definition) is 2. The summed E-state index contributed by atoms with van der Waals surface area (Å²) in [5, 5.41) is 2.98. The van der Waals surface area contributed by atoms with Gasteiger partial charge in [0, 0.05) is 6.04 Å². The van der Waals surface area contributed by atoms with E-state index in [1.165, 1.54) is 32.1 Å². The predicted octanol–water partition coefficient (Wildman–Crippen LogP) is 3.09. The van der Waals surface area contributed by atoms with Crippen LogP contribution in [0.4, 0.5) is 4.79 Å². The molecule has 1 aliphatic rings. The van der Waals surface area contributed by atoms with Gasteiger partial charge in [-0.1, -0.05) is 26.2 Å². The maximum atomic E-state index is 11.3. The first-order chi connectivity index (χ1) is 7.27. The van der Waals surface area contributed by atoms with E-state index in [1.54, 1.807) is 0 Å². The Morgan fingerprint density at radius 2 is 2.00 bits per heavy atom. The van der Waals surface area contributed by atoms with Gasteiger partial charge in [-0.3, -0.25) is 0 Å². The van der Waals surface area contributed by atoms with Crippen molar-refractivity contribution in [3.63, 3.8) is 0 Å². The molecule has 1 fully saturated rings. The molecule has 1 N–H and O–H groups in total. The Bertz CT molecular complexity index is 188. The Morgan fingerprint density at radius 1 is 1.33 bits per heavy atom. The average Bonchev–Trinajstić information content (AvgIpc) is 2.27. The summed E-state index contributed by atoms with van der Waals surface area (Å²) in [5.41, 5.74) is 0. The van der Waals surface area contributed by atoms with Gasteiger partial charge >= 0.3 is 6.09 Å². The Balaban J connectivity index is 2.36. The molecule has 0 saturated heterocycles. The summed E-state index contributed by atoms with van der Waals surface area (Å²) in [5.74, 6) is 0.660. The van der Waals surface area contributed by atoms with Crippen molar-refractivity contribution in [2.45, 2.75) is 58.4 Å². The van der Waals surface area contributed by atoms with E-state index >= 15 is 0 Å². The quantitative estimate of drug-likeness (QED) is 0.779. The highest BCUT2D eigenvalue weighted by Crippen LogP contribution is 2.27. The molecule has 0 aromatic carbocycles. The number of hydrogen-bond donors (Lipinski definition) is 1. The van der Waals surface area contributed by atoms with Crippen LogP contribution in [-0.2, 0) is 4.74 Å². The summed E-state index contributed by atoms with van der Waals surface area (Å²) in [4.78, 5) is 11.3. The third-order valence-electron chi connectivity index (χ3n) is 3.24. The number of nitrogens with one attached hydrogen (secondary N) is 1. The summed E-state index contributed by atoms with van der Waals surface area (Å²) < 4.78 is 4.91. The van der Waals surface area contributed by atoms with Gasteiger partial charge in [-0.25, -0.2) is 4.79 Å². The van der Waals surface area contributed by atoms with Gasteiger partial charge in [0.05, 0.1) is 6.61 Å². The lowest BCUT2D eigenvalue weighted by atomic mass is 9.83. The summed E-state index contributed by atoms with van der Waals surface area (Å²) >= 11 is 0. The highest BCUT2D eigenvalue weighted by atomic mass is 16.5. The zero-order valence-corrected chi connectivity index (χ0v) is 9.92. The van der Waals surface area contributed by atoms with Crippen LogP contribution >= 0.6 is 0 Å². The Labute approximate surface area is 92.6 Å². The fraction of sp³-hybridized carbons (Fsp3) is 0.917. The number of amides is 1. The third-order valence-corrected chi connectivity index (χ3v) is 3.24. The minimum absolute atomic E-state index is 0.255. The number of carbonyl (C=O) groups excluding carboxylic acids is 1. The lowest BCUT2D eigenvalue weighted by Crippen LogP contribution is -2.40. The van der Waals surface area contributed by atoms with E-state index in [-0.39, 0.29) is 6.09 Å². The maximum Gasteiger partial charge on any atom is 0.407 e. The minimum Gasteiger partial charge on any atom is -0.450 e. The van der Waals surface area contributed by atoms with Crippen molar-refractivity contribution in [3.05, 3.63) is 0 Å². The van der Waals surface area contributed by atoms with E-state index in [2.05, 4.69) is 12.2 Å². The molecule has 0 aromatic rings. The van der Waals surface area contributed by atoms with Crippen molar-refractivity contribution in [2.75, 3.05) is 6.61 Å². The summed E-state index contributed by atoms with van der Waals surface area (Å²) in [6.07, 6.45) is 7.23. The molecule has 0 aromatic heterocycles. The van der Waals surface area contributed by atoms with Gasteiger partial charge in [0.25, 0.3) is 0 Å². The van der Waals surface area contributed by atoms with Crippen LogP contribution in [0.2, 0.25) is 0 Å². The first kappa shape index (κ1) is 12.3. The summed E-state index contributed by atoms with van der Waals surface area (Å²) in [7, 11) is 0. The van der Waals surface area contributed by atoms with Crippen LogP contribution in [0.3, 0.4) is 0 Å². The molecule has 0 spiro atoms. The van der Waals surface area contributed by atoms with E-state index in [4.69, 9.17) is 4.74 Å². The van der Waals surface area contributed by atoms with Crippen LogP contribution in [-0.4, -0.2) is 18.7 Å². The Hall–Kier alpha value is -0.730. The van der Waals surface area contributed by atoms with Crippen LogP contribution in [0.1, 0.15) is 52.4 Å². The minimum atomic E-state index is -0.255. The van der Waals surface area contributed by atoms with Crippen LogP contribution < -0.4 is 5.32 Å². The number of carbonyl (C=O) groups is 1. The molecule has 0 radical (unpaired) electrons. The standard InChI is InChI=1S/C12H23NO2/c1-3-11(13-12(14)15-4-2)10-8-6-5-7-9-10/h10-11H,3-9H2,1-2H3,(H,13,14). The number of rotatable bonds is 4. The molecule has 88 valence electrons. The first-order valence-corrected chi connectivity index (χ1v) is 6.21. The molecule has 1 unspecified atom stereocenters. The second-order valence-corrected chi connectivity index (χ2v) is 4.28. The average molecular weight is 213 g/mol. The third kappa shape index (κ3) is 4.10. The van der Waals surface area contributed by atoms with Crippen molar-refractivity contribution in [3.8, 4) is 0 Å². The fourth-order valence-corrected chi connectivity index (χ4v) is 2.41. The normalized spacial score (nSPS) is 19.6. The molecular formula is C12H23NO2. The monoisotopic (exact) mass is 213 g/mol.